The van der Waals surface area contributed by atoms with Crippen LogP contribution in [0.2, 0.25) is 0 Å². The van der Waals surface area contributed by atoms with Crippen molar-refractivity contribution in [1.29, 1.82) is 0 Å². The van der Waals surface area contributed by atoms with Crippen LogP contribution in [0.4, 0.5) is 0 Å². The second-order valence-corrected chi connectivity index (χ2v) is 7.35. The SMILES string of the molecule is CC(C)CC(=O)NCCC(=O)N1CCCC1c1nc(-c2ccccc2)n[nH]1. The summed E-state index contributed by atoms with van der Waals surface area (Å²) in [6.45, 7) is 5.09. The quantitative estimate of drug-likeness (QED) is 0.785. The van der Waals surface area contributed by atoms with E-state index in [0.717, 1.165) is 24.2 Å². The van der Waals surface area contributed by atoms with Crippen LogP contribution >= 0.6 is 0 Å². The van der Waals surface area contributed by atoms with Crippen molar-refractivity contribution in [2.24, 2.45) is 5.92 Å². The number of H-pyrrole nitrogens is 1. The first-order valence-electron chi connectivity index (χ1n) is 9.58. The molecule has 1 unspecified atom stereocenters. The van der Waals surface area contributed by atoms with Crippen molar-refractivity contribution in [2.75, 3.05) is 13.1 Å². The highest BCUT2D eigenvalue weighted by atomic mass is 16.2. The molecule has 7 nitrogen and oxygen atoms in total. The zero-order chi connectivity index (χ0) is 19.2. The van der Waals surface area contributed by atoms with Crippen molar-refractivity contribution in [3.63, 3.8) is 0 Å². The van der Waals surface area contributed by atoms with Gasteiger partial charge in [-0.05, 0) is 18.8 Å². The number of aromatic nitrogens is 3. The fraction of sp³-hybridized carbons (Fsp3) is 0.500. The van der Waals surface area contributed by atoms with E-state index in [-0.39, 0.29) is 17.9 Å². The summed E-state index contributed by atoms with van der Waals surface area (Å²) in [5.41, 5.74) is 0.948. The Morgan fingerprint density at radius 2 is 2.07 bits per heavy atom. The molecule has 0 aliphatic carbocycles. The molecule has 1 saturated heterocycles. The number of aromatic amines is 1. The second kappa shape index (κ2) is 8.79. The van der Waals surface area contributed by atoms with Gasteiger partial charge in [0.25, 0.3) is 0 Å². The minimum absolute atomic E-state index is 0.00138. The molecule has 7 heteroatoms. The van der Waals surface area contributed by atoms with Gasteiger partial charge < -0.3 is 10.2 Å². The van der Waals surface area contributed by atoms with Crippen molar-refractivity contribution >= 4 is 11.8 Å². The van der Waals surface area contributed by atoms with E-state index in [1.807, 2.05) is 49.1 Å². The van der Waals surface area contributed by atoms with E-state index in [2.05, 4.69) is 20.5 Å². The molecule has 3 rings (SSSR count). The number of nitrogens with one attached hydrogen (secondary N) is 2. The predicted octanol–water partition coefficient (Wildman–Crippen LogP) is 2.69. The van der Waals surface area contributed by atoms with Crippen molar-refractivity contribution in [3.8, 4) is 11.4 Å². The molecule has 2 amide bonds. The van der Waals surface area contributed by atoms with E-state index >= 15 is 0 Å². The van der Waals surface area contributed by atoms with Crippen molar-refractivity contribution in [3.05, 3.63) is 36.2 Å². The third-order valence-electron chi connectivity index (χ3n) is 4.68. The van der Waals surface area contributed by atoms with Gasteiger partial charge in [-0.1, -0.05) is 44.2 Å². The Balaban J connectivity index is 1.58. The smallest absolute Gasteiger partial charge is 0.224 e. The molecule has 1 aromatic heterocycles. The maximum absolute atomic E-state index is 12.6. The Kier molecular flexibility index (Phi) is 6.21. The molecule has 2 N–H and O–H groups in total. The summed E-state index contributed by atoms with van der Waals surface area (Å²) in [5.74, 6) is 1.72. The number of carbonyl (C=O) groups excluding carboxylic acids is 2. The van der Waals surface area contributed by atoms with E-state index in [9.17, 15) is 9.59 Å². The minimum atomic E-state index is -0.0752. The Morgan fingerprint density at radius 1 is 1.30 bits per heavy atom. The Morgan fingerprint density at radius 3 is 2.81 bits per heavy atom. The maximum Gasteiger partial charge on any atom is 0.224 e. The second-order valence-electron chi connectivity index (χ2n) is 7.35. The number of nitrogens with zero attached hydrogens (tertiary/aromatic N) is 3. The zero-order valence-corrected chi connectivity index (χ0v) is 15.9. The van der Waals surface area contributed by atoms with Crippen molar-refractivity contribution in [2.45, 2.75) is 45.6 Å². The van der Waals surface area contributed by atoms with Gasteiger partial charge in [-0.15, -0.1) is 0 Å². The van der Waals surface area contributed by atoms with Crippen LogP contribution in [-0.4, -0.2) is 45.0 Å². The first-order chi connectivity index (χ1) is 13.0. The molecule has 0 bridgehead atoms. The summed E-state index contributed by atoms with van der Waals surface area (Å²) >= 11 is 0. The molecule has 1 aliphatic rings. The van der Waals surface area contributed by atoms with Gasteiger partial charge in [0.15, 0.2) is 5.82 Å². The van der Waals surface area contributed by atoms with Gasteiger partial charge in [0.05, 0.1) is 6.04 Å². The van der Waals surface area contributed by atoms with Crippen molar-refractivity contribution in [1.82, 2.24) is 25.4 Å². The lowest BCUT2D eigenvalue weighted by Crippen LogP contribution is -2.34. The number of rotatable bonds is 7. The molecular formula is C20H27N5O2. The summed E-state index contributed by atoms with van der Waals surface area (Å²) in [7, 11) is 0. The molecule has 27 heavy (non-hydrogen) atoms. The molecule has 1 aromatic carbocycles. The van der Waals surface area contributed by atoms with Gasteiger partial charge in [0.1, 0.15) is 5.82 Å². The van der Waals surface area contributed by atoms with Crippen molar-refractivity contribution < 1.29 is 9.59 Å². The van der Waals surface area contributed by atoms with E-state index < -0.39 is 0 Å². The number of amides is 2. The van der Waals surface area contributed by atoms with Crippen LogP contribution < -0.4 is 5.32 Å². The van der Waals surface area contributed by atoms with E-state index in [0.29, 0.717) is 37.7 Å². The highest BCUT2D eigenvalue weighted by Crippen LogP contribution is 2.31. The minimum Gasteiger partial charge on any atom is -0.356 e. The maximum atomic E-state index is 12.6. The van der Waals surface area contributed by atoms with Crippen LogP contribution in [0.25, 0.3) is 11.4 Å². The topological polar surface area (TPSA) is 91.0 Å². The number of benzene rings is 1. The molecule has 2 aromatic rings. The van der Waals surface area contributed by atoms with Crippen LogP contribution in [0.1, 0.15) is 51.4 Å². The lowest BCUT2D eigenvalue weighted by atomic mass is 10.1. The summed E-state index contributed by atoms with van der Waals surface area (Å²) in [5, 5.41) is 10.1. The van der Waals surface area contributed by atoms with Crippen LogP contribution in [-0.2, 0) is 9.59 Å². The molecular weight excluding hydrogens is 342 g/mol. The largest absolute Gasteiger partial charge is 0.356 e. The highest BCUT2D eigenvalue weighted by Gasteiger charge is 2.32. The zero-order valence-electron chi connectivity index (χ0n) is 15.9. The summed E-state index contributed by atoms with van der Waals surface area (Å²) in [6.07, 6.45) is 2.60. The standard InChI is InChI=1S/C20H27N5O2/c1-14(2)13-17(26)21-11-10-18(27)25-12-6-9-16(25)20-22-19(23-24-20)15-7-4-3-5-8-15/h3-5,7-8,14,16H,6,9-13H2,1-2H3,(H,21,26)(H,22,23,24). The number of hydrogen-bond donors (Lipinski definition) is 2. The van der Waals surface area contributed by atoms with Crippen LogP contribution in [0.3, 0.4) is 0 Å². The molecule has 0 radical (unpaired) electrons. The number of carbonyl (C=O) groups is 2. The normalized spacial score (nSPS) is 16.7. The Labute approximate surface area is 159 Å². The molecule has 0 saturated carbocycles. The Hall–Kier alpha value is -2.70. The third kappa shape index (κ3) is 4.93. The number of hydrogen-bond acceptors (Lipinski definition) is 4. The lowest BCUT2D eigenvalue weighted by molar-refractivity contribution is -0.132. The lowest BCUT2D eigenvalue weighted by Gasteiger charge is -2.23. The van der Waals surface area contributed by atoms with Gasteiger partial charge in [0, 0.05) is 31.5 Å². The molecule has 1 fully saturated rings. The predicted molar refractivity (Wildman–Crippen MR) is 103 cm³/mol. The fourth-order valence-electron chi connectivity index (χ4n) is 3.38. The molecule has 2 heterocycles. The summed E-state index contributed by atoms with van der Waals surface area (Å²) < 4.78 is 0. The molecule has 144 valence electrons. The van der Waals surface area contributed by atoms with Gasteiger partial charge >= 0.3 is 0 Å². The average Bonchev–Trinajstić information content (AvgIpc) is 3.31. The van der Waals surface area contributed by atoms with Gasteiger partial charge in [-0.3, -0.25) is 14.7 Å². The molecule has 1 aliphatic heterocycles. The van der Waals surface area contributed by atoms with E-state index in [1.165, 1.54) is 0 Å². The Bertz CT molecular complexity index is 772. The van der Waals surface area contributed by atoms with E-state index in [4.69, 9.17) is 0 Å². The summed E-state index contributed by atoms with van der Waals surface area (Å²) in [4.78, 5) is 30.8. The highest BCUT2D eigenvalue weighted by molar-refractivity contribution is 5.79. The monoisotopic (exact) mass is 369 g/mol. The average molecular weight is 369 g/mol. The van der Waals surface area contributed by atoms with Crippen LogP contribution in [0, 0.1) is 5.92 Å². The van der Waals surface area contributed by atoms with Gasteiger partial charge in [-0.25, -0.2) is 4.98 Å². The van der Waals surface area contributed by atoms with Crippen LogP contribution in [0.15, 0.2) is 30.3 Å². The van der Waals surface area contributed by atoms with Crippen LogP contribution in [0.5, 0.6) is 0 Å². The summed E-state index contributed by atoms with van der Waals surface area (Å²) in [6, 6.07) is 9.70. The van der Waals surface area contributed by atoms with Gasteiger partial charge in [0.2, 0.25) is 11.8 Å². The van der Waals surface area contributed by atoms with E-state index in [1.54, 1.807) is 0 Å². The van der Waals surface area contributed by atoms with Gasteiger partial charge in [-0.2, -0.15) is 5.10 Å². The fourth-order valence-corrected chi connectivity index (χ4v) is 3.38. The number of likely N-dealkylation sites (tertiary alicyclic amines) is 1. The molecule has 1 atom stereocenters. The first kappa shape index (κ1) is 19.1. The molecule has 0 spiro atoms. The third-order valence-corrected chi connectivity index (χ3v) is 4.68. The first-order valence-corrected chi connectivity index (χ1v) is 9.58.